The van der Waals surface area contributed by atoms with Gasteiger partial charge in [-0.1, -0.05) is 30.3 Å². The third-order valence-electron chi connectivity index (χ3n) is 6.52. The van der Waals surface area contributed by atoms with Crippen LogP contribution in [0.15, 0.2) is 54.0 Å². The molecule has 182 valence electrons. The number of hydrogen-bond acceptors (Lipinski definition) is 6. The number of aromatic nitrogens is 3. The van der Waals surface area contributed by atoms with Gasteiger partial charge in [0.25, 0.3) is 5.91 Å². The molecule has 0 spiro atoms. The van der Waals surface area contributed by atoms with Gasteiger partial charge in [0.15, 0.2) is 5.65 Å². The second kappa shape index (κ2) is 10.3. The maximum atomic E-state index is 13.4. The first-order valence-corrected chi connectivity index (χ1v) is 13.0. The van der Waals surface area contributed by atoms with Gasteiger partial charge in [-0.05, 0) is 49.5 Å². The summed E-state index contributed by atoms with van der Waals surface area (Å²) in [6, 6.07) is 14.6. The molecule has 0 radical (unpaired) electrons. The molecular formula is C27H32N6OS. The van der Waals surface area contributed by atoms with Crippen LogP contribution in [0, 0.1) is 0 Å². The van der Waals surface area contributed by atoms with Crippen molar-refractivity contribution in [2.45, 2.75) is 33.0 Å². The van der Waals surface area contributed by atoms with Crippen molar-refractivity contribution in [3.63, 3.8) is 0 Å². The third kappa shape index (κ3) is 5.29. The number of pyridine rings is 1. The van der Waals surface area contributed by atoms with Gasteiger partial charge < -0.3 is 10.2 Å². The minimum absolute atomic E-state index is 0.108. The van der Waals surface area contributed by atoms with Crippen LogP contribution < -0.4 is 5.32 Å². The van der Waals surface area contributed by atoms with Gasteiger partial charge in [0.1, 0.15) is 0 Å². The molecule has 4 heterocycles. The molecule has 4 aromatic rings. The Balaban J connectivity index is 1.35. The highest BCUT2D eigenvalue weighted by Gasteiger charge is 2.19. The normalized spacial score (nSPS) is 15.2. The Morgan fingerprint density at radius 1 is 1.09 bits per heavy atom. The number of nitrogens with zero attached hydrogens (tertiary/aromatic N) is 5. The highest BCUT2D eigenvalue weighted by molar-refractivity contribution is 7.13. The highest BCUT2D eigenvalue weighted by atomic mass is 32.1. The average molecular weight is 489 g/mol. The van der Waals surface area contributed by atoms with Crippen molar-refractivity contribution in [1.29, 1.82) is 0 Å². The molecule has 3 aromatic heterocycles. The molecule has 35 heavy (non-hydrogen) atoms. The minimum Gasteiger partial charge on any atom is -0.348 e. The van der Waals surface area contributed by atoms with Gasteiger partial charge in [-0.15, -0.1) is 11.3 Å². The van der Waals surface area contributed by atoms with E-state index in [2.05, 4.69) is 65.4 Å². The Labute approximate surface area is 210 Å². The van der Waals surface area contributed by atoms with Gasteiger partial charge in [-0.25, -0.2) is 9.67 Å². The number of thiophene rings is 1. The molecule has 0 atom stereocenters. The van der Waals surface area contributed by atoms with E-state index in [1.54, 1.807) is 17.5 Å². The molecule has 1 aliphatic rings. The van der Waals surface area contributed by atoms with Crippen molar-refractivity contribution in [2.24, 2.45) is 0 Å². The van der Waals surface area contributed by atoms with Crippen LogP contribution in [-0.4, -0.2) is 63.7 Å². The lowest BCUT2D eigenvalue weighted by atomic mass is 10.1. The van der Waals surface area contributed by atoms with E-state index < -0.39 is 0 Å². The van der Waals surface area contributed by atoms with Gasteiger partial charge in [-0.2, -0.15) is 5.10 Å². The third-order valence-corrected chi connectivity index (χ3v) is 7.41. The molecule has 1 aliphatic heterocycles. The second-order valence-corrected chi connectivity index (χ2v) is 10.5. The SMILES string of the molecule is CC(C)n1ncc2c(C(=O)NCc3cccc(CN4CCN(C)CC4)c3)cc(-c3cccs3)nc21. The summed E-state index contributed by atoms with van der Waals surface area (Å²) in [5.41, 5.74) is 4.54. The summed E-state index contributed by atoms with van der Waals surface area (Å²) in [7, 11) is 2.18. The molecule has 1 aromatic carbocycles. The summed E-state index contributed by atoms with van der Waals surface area (Å²) < 4.78 is 1.88. The number of benzene rings is 1. The lowest BCUT2D eigenvalue weighted by Gasteiger charge is -2.32. The summed E-state index contributed by atoms with van der Waals surface area (Å²) in [4.78, 5) is 24.1. The zero-order valence-electron chi connectivity index (χ0n) is 20.6. The Morgan fingerprint density at radius 2 is 1.89 bits per heavy atom. The maximum Gasteiger partial charge on any atom is 0.252 e. The van der Waals surface area contributed by atoms with Crippen molar-refractivity contribution in [1.82, 2.24) is 29.9 Å². The summed E-state index contributed by atoms with van der Waals surface area (Å²) >= 11 is 1.62. The van der Waals surface area contributed by atoms with Crippen LogP contribution in [-0.2, 0) is 13.1 Å². The lowest BCUT2D eigenvalue weighted by molar-refractivity contribution is 0.0952. The first-order chi connectivity index (χ1) is 17.0. The van der Waals surface area contributed by atoms with Crippen LogP contribution in [0.1, 0.15) is 41.4 Å². The number of piperazine rings is 1. The van der Waals surface area contributed by atoms with Crippen LogP contribution in [0.5, 0.6) is 0 Å². The largest absolute Gasteiger partial charge is 0.348 e. The van der Waals surface area contributed by atoms with Crippen LogP contribution in [0.2, 0.25) is 0 Å². The van der Waals surface area contributed by atoms with Crippen LogP contribution in [0.4, 0.5) is 0 Å². The summed E-state index contributed by atoms with van der Waals surface area (Å²) in [5, 5.41) is 10.5. The predicted molar refractivity (Wildman–Crippen MR) is 142 cm³/mol. The molecule has 0 aliphatic carbocycles. The molecule has 0 unspecified atom stereocenters. The van der Waals surface area contributed by atoms with E-state index in [0.29, 0.717) is 12.1 Å². The number of hydrogen-bond donors (Lipinski definition) is 1. The van der Waals surface area contributed by atoms with E-state index in [-0.39, 0.29) is 11.9 Å². The number of nitrogens with one attached hydrogen (secondary N) is 1. The second-order valence-electron chi connectivity index (χ2n) is 9.53. The number of fused-ring (bicyclic) bond motifs is 1. The Hall–Kier alpha value is -3.07. The molecule has 7 nitrogen and oxygen atoms in total. The van der Waals surface area contributed by atoms with Crippen LogP contribution >= 0.6 is 11.3 Å². The zero-order chi connectivity index (χ0) is 24.4. The molecule has 1 saturated heterocycles. The number of amides is 1. The topological polar surface area (TPSA) is 66.3 Å². The fourth-order valence-corrected chi connectivity index (χ4v) is 5.20. The van der Waals surface area contributed by atoms with E-state index in [1.807, 2.05) is 28.3 Å². The minimum atomic E-state index is -0.108. The van der Waals surface area contributed by atoms with Crippen molar-refractivity contribution in [3.8, 4) is 10.6 Å². The number of carbonyl (C=O) groups is 1. The zero-order valence-corrected chi connectivity index (χ0v) is 21.4. The molecule has 8 heteroatoms. The fourth-order valence-electron chi connectivity index (χ4n) is 4.51. The van der Waals surface area contributed by atoms with Gasteiger partial charge >= 0.3 is 0 Å². The van der Waals surface area contributed by atoms with Crippen molar-refractivity contribution < 1.29 is 4.79 Å². The Morgan fingerprint density at radius 3 is 2.63 bits per heavy atom. The Bertz CT molecular complexity index is 1300. The molecule has 1 N–H and O–H groups in total. The summed E-state index contributed by atoms with van der Waals surface area (Å²) in [5.74, 6) is -0.108. The van der Waals surface area contributed by atoms with E-state index in [1.165, 1.54) is 5.56 Å². The summed E-state index contributed by atoms with van der Waals surface area (Å²) in [6.45, 7) is 9.96. The first kappa shape index (κ1) is 23.7. The van der Waals surface area contributed by atoms with Gasteiger partial charge in [0, 0.05) is 45.3 Å². The average Bonchev–Trinajstić information content (AvgIpc) is 3.54. The van der Waals surface area contributed by atoms with E-state index >= 15 is 0 Å². The van der Waals surface area contributed by atoms with Crippen molar-refractivity contribution in [2.75, 3.05) is 33.2 Å². The first-order valence-electron chi connectivity index (χ1n) is 12.2. The molecule has 1 amide bonds. The van der Waals surface area contributed by atoms with E-state index in [9.17, 15) is 4.79 Å². The highest BCUT2D eigenvalue weighted by Crippen LogP contribution is 2.29. The maximum absolute atomic E-state index is 13.4. The molecule has 5 rings (SSSR count). The van der Waals surface area contributed by atoms with Crippen molar-refractivity contribution in [3.05, 3.63) is 70.7 Å². The fraction of sp³-hybridized carbons (Fsp3) is 0.370. The lowest BCUT2D eigenvalue weighted by Crippen LogP contribution is -2.43. The number of carbonyl (C=O) groups excluding carboxylic acids is 1. The van der Waals surface area contributed by atoms with Gasteiger partial charge in [0.05, 0.1) is 27.7 Å². The standard InChI is InChI=1S/C27H32N6OS/c1-19(2)33-26-23(17-29-33)22(15-24(30-26)25-8-5-13-35-25)27(34)28-16-20-6-4-7-21(14-20)18-32-11-9-31(3)10-12-32/h4-8,13-15,17,19H,9-12,16,18H2,1-3H3,(H,28,34). The number of likely N-dealkylation sites (N-methyl/N-ethyl adjacent to an activating group) is 1. The monoisotopic (exact) mass is 488 g/mol. The van der Waals surface area contributed by atoms with Crippen LogP contribution in [0.25, 0.3) is 21.6 Å². The summed E-state index contributed by atoms with van der Waals surface area (Å²) in [6.07, 6.45) is 1.76. The molecular weight excluding hydrogens is 456 g/mol. The molecule has 0 bridgehead atoms. The van der Waals surface area contributed by atoms with E-state index in [4.69, 9.17) is 4.98 Å². The smallest absolute Gasteiger partial charge is 0.252 e. The predicted octanol–water partition coefficient (Wildman–Crippen LogP) is 4.42. The molecule has 0 saturated carbocycles. The van der Waals surface area contributed by atoms with Gasteiger partial charge in [0.2, 0.25) is 0 Å². The van der Waals surface area contributed by atoms with Gasteiger partial charge in [-0.3, -0.25) is 9.69 Å². The number of rotatable bonds is 7. The molecule has 1 fully saturated rings. The van der Waals surface area contributed by atoms with Crippen LogP contribution in [0.3, 0.4) is 0 Å². The quantitative estimate of drug-likeness (QED) is 0.417. The van der Waals surface area contributed by atoms with E-state index in [0.717, 1.165) is 59.9 Å². The Kier molecular flexibility index (Phi) is 6.95. The van der Waals surface area contributed by atoms with Crippen molar-refractivity contribution >= 4 is 28.3 Å².